The monoisotopic (exact) mass is 327 g/mol. The molecular weight excluding hydrogens is 319 g/mol. The Morgan fingerprint density at radius 1 is 1.09 bits per heavy atom. The number of carbonyl (C=O) groups excluding carboxylic acids is 1. The molecule has 2 aromatic carbocycles. The summed E-state index contributed by atoms with van der Waals surface area (Å²) in [5.41, 5.74) is -0.924. The molecule has 0 bridgehead atoms. The molecule has 3 N–H and O–H groups in total. The van der Waals surface area contributed by atoms with Gasteiger partial charge in [0.05, 0.1) is 16.7 Å². The number of rotatable bonds is 3. The molecule has 0 spiro atoms. The number of nitro groups is 1. The Morgan fingerprint density at radius 2 is 1.70 bits per heavy atom. The second kappa shape index (κ2) is 6.22. The first-order chi connectivity index (χ1) is 10.8. The summed E-state index contributed by atoms with van der Waals surface area (Å²) in [5.74, 6) is -5.23. The molecule has 2 rings (SSSR count). The summed E-state index contributed by atoms with van der Waals surface area (Å²) in [7, 11) is 0. The number of hydrogen-bond donors (Lipinski definition) is 3. The van der Waals surface area contributed by atoms with E-state index in [-0.39, 0.29) is 11.4 Å². The molecule has 0 aliphatic carbocycles. The van der Waals surface area contributed by atoms with Gasteiger partial charge < -0.3 is 15.7 Å². The summed E-state index contributed by atoms with van der Waals surface area (Å²) < 4.78 is 38.8. The Bertz CT molecular complexity index is 775. The smallest absolute Gasteiger partial charge is 0.323 e. The predicted molar refractivity (Wildman–Crippen MR) is 73.7 cm³/mol. The molecule has 0 radical (unpaired) electrons. The zero-order valence-corrected chi connectivity index (χ0v) is 11.1. The van der Waals surface area contributed by atoms with Crippen molar-refractivity contribution in [3.63, 3.8) is 0 Å². The lowest BCUT2D eigenvalue weighted by atomic mass is 10.2. The van der Waals surface area contributed by atoms with E-state index >= 15 is 0 Å². The van der Waals surface area contributed by atoms with Crippen LogP contribution in [0.1, 0.15) is 0 Å². The van der Waals surface area contributed by atoms with Crippen molar-refractivity contribution in [2.75, 3.05) is 10.6 Å². The van der Waals surface area contributed by atoms with Crippen molar-refractivity contribution in [1.82, 2.24) is 0 Å². The Balaban J connectivity index is 2.12. The minimum Gasteiger partial charge on any atom is -0.506 e. The van der Waals surface area contributed by atoms with E-state index < -0.39 is 39.8 Å². The van der Waals surface area contributed by atoms with Gasteiger partial charge in [-0.25, -0.2) is 18.0 Å². The number of nitro benzene ring substituents is 1. The number of nitrogens with one attached hydrogen (secondary N) is 2. The van der Waals surface area contributed by atoms with Crippen LogP contribution in [0.2, 0.25) is 0 Å². The number of non-ortho nitro benzene ring substituents is 1. The SMILES string of the molecule is O=C(Nc1cc(F)c(F)c(F)c1)Nc1ccc([N+](=O)[O-])cc1O. The topological polar surface area (TPSA) is 104 Å². The molecule has 0 saturated carbocycles. The lowest BCUT2D eigenvalue weighted by molar-refractivity contribution is -0.384. The van der Waals surface area contributed by atoms with Crippen LogP contribution in [0, 0.1) is 27.6 Å². The van der Waals surface area contributed by atoms with Gasteiger partial charge in [-0.05, 0) is 6.07 Å². The molecule has 0 aliphatic rings. The second-order valence-electron chi connectivity index (χ2n) is 4.29. The Morgan fingerprint density at radius 3 is 2.22 bits per heavy atom. The van der Waals surface area contributed by atoms with Crippen molar-refractivity contribution >= 4 is 23.1 Å². The maximum Gasteiger partial charge on any atom is 0.323 e. The zero-order chi connectivity index (χ0) is 17.1. The maximum atomic E-state index is 13.0. The van der Waals surface area contributed by atoms with Gasteiger partial charge in [0, 0.05) is 23.9 Å². The second-order valence-corrected chi connectivity index (χ2v) is 4.29. The number of carbonyl (C=O) groups is 1. The van der Waals surface area contributed by atoms with Crippen molar-refractivity contribution in [2.45, 2.75) is 0 Å². The van der Waals surface area contributed by atoms with E-state index in [2.05, 4.69) is 5.32 Å². The van der Waals surface area contributed by atoms with Crippen molar-refractivity contribution in [2.24, 2.45) is 0 Å². The van der Waals surface area contributed by atoms with Crippen LogP contribution in [0.25, 0.3) is 0 Å². The average molecular weight is 327 g/mol. The van der Waals surface area contributed by atoms with Gasteiger partial charge in [-0.3, -0.25) is 10.1 Å². The van der Waals surface area contributed by atoms with Gasteiger partial charge in [0.2, 0.25) is 0 Å². The molecule has 2 aromatic rings. The highest BCUT2D eigenvalue weighted by molar-refractivity contribution is 6.00. The highest BCUT2D eigenvalue weighted by atomic mass is 19.2. The summed E-state index contributed by atoms with van der Waals surface area (Å²) in [4.78, 5) is 21.4. The van der Waals surface area contributed by atoms with Gasteiger partial charge in [-0.1, -0.05) is 0 Å². The fraction of sp³-hybridized carbons (Fsp3) is 0. The van der Waals surface area contributed by atoms with Crippen molar-refractivity contribution in [3.8, 4) is 5.75 Å². The number of hydrogen-bond acceptors (Lipinski definition) is 4. The molecule has 0 aliphatic heterocycles. The molecule has 120 valence electrons. The molecule has 0 aromatic heterocycles. The molecular formula is C13H8F3N3O4. The van der Waals surface area contributed by atoms with Crippen LogP contribution in [-0.2, 0) is 0 Å². The Hall–Kier alpha value is -3.30. The number of benzene rings is 2. The van der Waals surface area contributed by atoms with Crippen LogP contribution in [0.4, 0.5) is 35.0 Å². The van der Waals surface area contributed by atoms with E-state index in [0.717, 1.165) is 18.2 Å². The van der Waals surface area contributed by atoms with Gasteiger partial charge in [0.25, 0.3) is 5.69 Å². The minimum absolute atomic E-state index is 0.170. The van der Waals surface area contributed by atoms with E-state index in [1.54, 1.807) is 0 Å². The Kier molecular flexibility index (Phi) is 4.35. The fourth-order valence-corrected chi connectivity index (χ4v) is 1.65. The van der Waals surface area contributed by atoms with Crippen molar-refractivity contribution in [3.05, 3.63) is 57.9 Å². The third-order valence-electron chi connectivity index (χ3n) is 2.68. The number of urea groups is 1. The van der Waals surface area contributed by atoms with Crippen LogP contribution in [0.5, 0.6) is 5.75 Å². The number of nitrogens with zero attached hydrogens (tertiary/aromatic N) is 1. The van der Waals surface area contributed by atoms with E-state index in [4.69, 9.17) is 0 Å². The van der Waals surface area contributed by atoms with Crippen LogP contribution in [-0.4, -0.2) is 16.1 Å². The number of amides is 2. The first kappa shape index (κ1) is 16.1. The zero-order valence-electron chi connectivity index (χ0n) is 11.1. The number of phenols is 1. The van der Waals surface area contributed by atoms with E-state index in [1.165, 1.54) is 0 Å². The van der Waals surface area contributed by atoms with Crippen LogP contribution in [0.15, 0.2) is 30.3 Å². The molecule has 0 atom stereocenters. The third kappa shape index (κ3) is 3.67. The number of anilines is 2. The van der Waals surface area contributed by atoms with Gasteiger partial charge in [0.15, 0.2) is 17.5 Å². The maximum absolute atomic E-state index is 13.0. The standard InChI is InChI=1S/C13H8F3N3O4/c14-8-3-6(4-9(15)12(8)16)17-13(21)18-10-2-1-7(19(22)23)5-11(10)20/h1-5,20H,(H2,17,18,21). The van der Waals surface area contributed by atoms with E-state index in [1.807, 2.05) is 5.32 Å². The molecule has 0 heterocycles. The molecule has 0 unspecified atom stereocenters. The molecule has 23 heavy (non-hydrogen) atoms. The van der Waals surface area contributed by atoms with Gasteiger partial charge in [-0.15, -0.1) is 0 Å². The summed E-state index contributed by atoms with van der Waals surface area (Å²) >= 11 is 0. The van der Waals surface area contributed by atoms with Gasteiger partial charge >= 0.3 is 6.03 Å². The summed E-state index contributed by atoms with van der Waals surface area (Å²) in [6, 6.07) is 3.04. The van der Waals surface area contributed by atoms with Crippen molar-refractivity contribution < 1.29 is 28.0 Å². The summed E-state index contributed by atoms with van der Waals surface area (Å²) in [6.07, 6.45) is 0. The van der Waals surface area contributed by atoms with Crippen LogP contribution in [0.3, 0.4) is 0 Å². The number of halogens is 3. The van der Waals surface area contributed by atoms with E-state index in [0.29, 0.717) is 12.1 Å². The number of phenolic OH excluding ortho intramolecular Hbond substituents is 1. The van der Waals surface area contributed by atoms with Crippen LogP contribution >= 0.6 is 0 Å². The lowest BCUT2D eigenvalue weighted by Crippen LogP contribution is -2.19. The third-order valence-corrected chi connectivity index (χ3v) is 2.68. The normalized spacial score (nSPS) is 10.2. The summed E-state index contributed by atoms with van der Waals surface area (Å²) in [5, 5.41) is 24.2. The number of aromatic hydroxyl groups is 1. The minimum atomic E-state index is -1.68. The lowest BCUT2D eigenvalue weighted by Gasteiger charge is -2.09. The Labute approximate surface area is 126 Å². The molecule has 0 saturated heterocycles. The molecule has 10 heteroatoms. The summed E-state index contributed by atoms with van der Waals surface area (Å²) in [6.45, 7) is 0. The highest BCUT2D eigenvalue weighted by Gasteiger charge is 2.14. The molecule has 2 amide bonds. The largest absolute Gasteiger partial charge is 0.506 e. The first-order valence-corrected chi connectivity index (χ1v) is 5.98. The van der Waals surface area contributed by atoms with E-state index in [9.17, 15) is 33.2 Å². The van der Waals surface area contributed by atoms with Crippen molar-refractivity contribution in [1.29, 1.82) is 0 Å². The average Bonchev–Trinajstić information content (AvgIpc) is 2.46. The molecule has 7 nitrogen and oxygen atoms in total. The predicted octanol–water partition coefficient (Wildman–Crippen LogP) is 3.36. The quantitative estimate of drug-likeness (QED) is 0.348. The fourth-order valence-electron chi connectivity index (χ4n) is 1.65. The highest BCUT2D eigenvalue weighted by Crippen LogP contribution is 2.28. The van der Waals surface area contributed by atoms with Gasteiger partial charge in [-0.2, -0.15) is 0 Å². The van der Waals surface area contributed by atoms with Crippen LogP contribution < -0.4 is 10.6 Å². The molecule has 0 fully saturated rings. The first-order valence-electron chi connectivity index (χ1n) is 5.98. The van der Waals surface area contributed by atoms with Gasteiger partial charge in [0.1, 0.15) is 5.75 Å².